The van der Waals surface area contributed by atoms with Crippen LogP contribution in [0.25, 0.3) is 83.3 Å². The minimum absolute atomic E-state index is 0.619. The molecule has 11 aromatic rings. The summed E-state index contributed by atoms with van der Waals surface area (Å²) in [6, 6.07) is 76.6. The van der Waals surface area contributed by atoms with Crippen LogP contribution < -0.4 is 9.64 Å². The molecule has 0 amide bonds. The van der Waals surface area contributed by atoms with Crippen molar-refractivity contribution in [2.75, 3.05) is 4.90 Å². The summed E-state index contributed by atoms with van der Waals surface area (Å²) < 4.78 is 8.87. The number of para-hydroxylation sites is 3. The van der Waals surface area contributed by atoms with Gasteiger partial charge in [-0.05, 0) is 93.7 Å². The average Bonchev–Trinajstić information content (AvgIpc) is 3.68. The fraction of sp³-hybridized carbons (Fsp3) is 0. The minimum Gasteiger partial charge on any atom is -0.453 e. The third-order valence-corrected chi connectivity index (χ3v) is 11.8. The molecule has 0 unspecified atom stereocenters. The lowest BCUT2D eigenvalue weighted by Crippen LogP contribution is -2.15. The normalized spacial score (nSPS) is 12.0. The number of hydrogen-bond donors (Lipinski definition) is 0. The van der Waals surface area contributed by atoms with Crippen molar-refractivity contribution < 1.29 is 4.74 Å². The zero-order valence-corrected chi connectivity index (χ0v) is 33.0. The highest BCUT2D eigenvalue weighted by molar-refractivity contribution is 6.21. The number of aromatic nitrogens is 3. The Morgan fingerprint density at radius 2 is 0.918 bits per heavy atom. The second-order valence-corrected chi connectivity index (χ2v) is 15.4. The molecule has 0 spiro atoms. The molecule has 0 bridgehead atoms. The van der Waals surface area contributed by atoms with Gasteiger partial charge in [-0.25, -0.2) is 9.97 Å². The molecular weight excluding hydrogens is 745 g/mol. The molecule has 1 aliphatic rings. The highest BCUT2D eigenvalue weighted by Crippen LogP contribution is 2.51. The van der Waals surface area contributed by atoms with Gasteiger partial charge in [0.2, 0.25) is 5.95 Å². The monoisotopic (exact) mass is 780 g/mol. The molecular formula is C56H36N4O. The number of nitrogens with zero attached hydrogens (tertiary/aromatic N) is 4. The smallest absolute Gasteiger partial charge is 0.235 e. The fourth-order valence-electron chi connectivity index (χ4n) is 8.88. The largest absolute Gasteiger partial charge is 0.453 e. The van der Waals surface area contributed by atoms with Crippen molar-refractivity contribution in [3.05, 3.63) is 218 Å². The Labute approximate surface area is 353 Å². The molecule has 5 heteroatoms. The molecule has 286 valence electrons. The highest BCUT2D eigenvalue weighted by atomic mass is 16.5. The average molecular weight is 781 g/mol. The summed E-state index contributed by atoms with van der Waals surface area (Å²) in [7, 11) is 0. The summed E-state index contributed by atoms with van der Waals surface area (Å²) >= 11 is 0. The first kappa shape index (κ1) is 34.7. The maximum Gasteiger partial charge on any atom is 0.235 e. The van der Waals surface area contributed by atoms with Crippen LogP contribution in [0.5, 0.6) is 11.5 Å². The Balaban J connectivity index is 1.04. The van der Waals surface area contributed by atoms with Crippen LogP contribution in [0.4, 0.5) is 17.1 Å². The van der Waals surface area contributed by atoms with Gasteiger partial charge in [-0.15, -0.1) is 0 Å². The van der Waals surface area contributed by atoms with E-state index >= 15 is 0 Å². The van der Waals surface area contributed by atoms with Gasteiger partial charge in [-0.2, -0.15) is 0 Å². The van der Waals surface area contributed by atoms with Crippen molar-refractivity contribution in [3.63, 3.8) is 0 Å². The van der Waals surface area contributed by atoms with Crippen LogP contribution in [0.1, 0.15) is 0 Å². The van der Waals surface area contributed by atoms with Gasteiger partial charge in [0, 0.05) is 27.6 Å². The van der Waals surface area contributed by atoms with E-state index < -0.39 is 0 Å². The molecule has 0 N–H and O–H groups in total. The van der Waals surface area contributed by atoms with Crippen LogP contribution in [0.3, 0.4) is 0 Å². The number of ether oxygens (including phenoxy) is 1. The van der Waals surface area contributed by atoms with Crippen molar-refractivity contribution >= 4 is 49.6 Å². The molecule has 0 radical (unpaired) electrons. The molecule has 2 aromatic heterocycles. The predicted octanol–water partition coefficient (Wildman–Crippen LogP) is 15.0. The van der Waals surface area contributed by atoms with E-state index in [-0.39, 0.29) is 0 Å². The first-order chi connectivity index (χ1) is 30.2. The van der Waals surface area contributed by atoms with E-state index in [1.807, 2.05) is 30.3 Å². The van der Waals surface area contributed by atoms with E-state index in [1.54, 1.807) is 0 Å². The molecule has 0 saturated carbocycles. The summed E-state index contributed by atoms with van der Waals surface area (Å²) in [5.41, 5.74) is 13.5. The van der Waals surface area contributed by atoms with Gasteiger partial charge in [-0.1, -0.05) is 158 Å². The standard InChI is InChI=1S/C56H36N4O/c1-4-14-37(15-5-1)38-24-26-41(27-25-38)48-36-47(40-17-6-2-7-18-40)57-56(58-48)60-49-31-29-42(34-46(49)55-45-21-11-10-16-39(45)28-33-52(55)60)43-30-32-51-54(35-43)61-53-23-13-12-22-50(53)59(51)44-19-8-3-9-20-44/h1-36H. The highest BCUT2D eigenvalue weighted by Gasteiger charge is 2.26. The van der Waals surface area contributed by atoms with Gasteiger partial charge in [0.15, 0.2) is 11.5 Å². The number of rotatable bonds is 6. The lowest BCUT2D eigenvalue weighted by molar-refractivity contribution is 0.477. The number of anilines is 3. The first-order valence-electron chi connectivity index (χ1n) is 20.6. The molecule has 3 heterocycles. The molecule has 9 aromatic carbocycles. The molecule has 0 fully saturated rings. The Hall–Kier alpha value is -8.28. The second kappa shape index (κ2) is 14.2. The van der Waals surface area contributed by atoms with E-state index in [4.69, 9.17) is 14.7 Å². The number of benzene rings is 9. The van der Waals surface area contributed by atoms with E-state index in [2.05, 4.69) is 198 Å². The van der Waals surface area contributed by atoms with Crippen molar-refractivity contribution in [3.8, 4) is 62.2 Å². The lowest BCUT2D eigenvalue weighted by Gasteiger charge is -2.33. The van der Waals surface area contributed by atoms with Gasteiger partial charge in [0.25, 0.3) is 0 Å². The van der Waals surface area contributed by atoms with Crippen molar-refractivity contribution in [1.29, 1.82) is 0 Å². The quantitative estimate of drug-likeness (QED) is 0.169. The maximum atomic E-state index is 6.63. The Morgan fingerprint density at radius 3 is 1.70 bits per heavy atom. The third-order valence-electron chi connectivity index (χ3n) is 11.8. The second-order valence-electron chi connectivity index (χ2n) is 15.4. The Bertz CT molecular complexity index is 3430. The lowest BCUT2D eigenvalue weighted by atomic mass is 9.99. The summed E-state index contributed by atoms with van der Waals surface area (Å²) in [5, 5.41) is 4.65. The third kappa shape index (κ3) is 5.94. The number of fused-ring (bicyclic) bond motifs is 7. The topological polar surface area (TPSA) is 43.2 Å². The van der Waals surface area contributed by atoms with E-state index in [0.29, 0.717) is 5.95 Å². The SMILES string of the molecule is c1ccc(-c2ccc(-c3cc(-c4ccccc4)nc(-n4c5ccc(-c6ccc7c(c6)Oc6ccccc6N7c6ccccc6)cc5c5c6ccccc6ccc54)n3)cc2)cc1. The van der Waals surface area contributed by atoms with Crippen LogP contribution in [-0.4, -0.2) is 14.5 Å². The fourth-order valence-corrected chi connectivity index (χ4v) is 8.88. The van der Waals surface area contributed by atoms with Gasteiger partial charge >= 0.3 is 0 Å². The van der Waals surface area contributed by atoms with Gasteiger partial charge in [0.1, 0.15) is 0 Å². The molecule has 0 aliphatic carbocycles. The predicted molar refractivity (Wildman–Crippen MR) is 250 cm³/mol. The van der Waals surface area contributed by atoms with Gasteiger partial charge < -0.3 is 9.64 Å². The summed E-state index contributed by atoms with van der Waals surface area (Å²) in [6.07, 6.45) is 0. The van der Waals surface area contributed by atoms with Crippen LogP contribution in [0, 0.1) is 0 Å². The Kier molecular flexibility index (Phi) is 8.10. The van der Waals surface area contributed by atoms with E-state index in [1.165, 1.54) is 16.3 Å². The van der Waals surface area contributed by atoms with Gasteiger partial charge in [0.05, 0.1) is 33.8 Å². The molecule has 5 nitrogen and oxygen atoms in total. The van der Waals surface area contributed by atoms with Crippen molar-refractivity contribution in [2.24, 2.45) is 0 Å². The molecule has 12 rings (SSSR count). The Morgan fingerprint density at radius 1 is 0.361 bits per heavy atom. The van der Waals surface area contributed by atoms with Crippen LogP contribution in [0.15, 0.2) is 218 Å². The molecule has 1 aliphatic heterocycles. The van der Waals surface area contributed by atoms with Crippen LogP contribution >= 0.6 is 0 Å². The zero-order valence-electron chi connectivity index (χ0n) is 33.0. The number of hydrogen-bond acceptors (Lipinski definition) is 4. The summed E-state index contributed by atoms with van der Waals surface area (Å²) in [6.45, 7) is 0. The van der Waals surface area contributed by atoms with Crippen LogP contribution in [0.2, 0.25) is 0 Å². The van der Waals surface area contributed by atoms with Gasteiger partial charge in [-0.3, -0.25) is 4.57 Å². The zero-order chi connectivity index (χ0) is 40.3. The van der Waals surface area contributed by atoms with E-state index in [9.17, 15) is 0 Å². The van der Waals surface area contributed by atoms with Crippen molar-refractivity contribution in [1.82, 2.24) is 14.5 Å². The molecule has 61 heavy (non-hydrogen) atoms. The van der Waals surface area contributed by atoms with Crippen molar-refractivity contribution in [2.45, 2.75) is 0 Å². The minimum atomic E-state index is 0.619. The maximum absolute atomic E-state index is 6.63. The van der Waals surface area contributed by atoms with Crippen LogP contribution in [-0.2, 0) is 0 Å². The first-order valence-corrected chi connectivity index (χ1v) is 20.6. The molecule has 0 saturated heterocycles. The summed E-state index contributed by atoms with van der Waals surface area (Å²) in [4.78, 5) is 13.0. The molecule has 0 atom stereocenters. The summed E-state index contributed by atoms with van der Waals surface area (Å²) in [5.74, 6) is 2.25. The van der Waals surface area contributed by atoms with E-state index in [0.717, 1.165) is 89.6 Å².